The Kier molecular flexibility index (Phi) is 2.69. The van der Waals surface area contributed by atoms with Crippen LogP contribution in [-0.2, 0) is 0 Å². The molecule has 1 aromatic heterocycles. The second-order valence-corrected chi connectivity index (χ2v) is 5.83. The van der Waals surface area contributed by atoms with Crippen molar-refractivity contribution in [2.24, 2.45) is 0 Å². The Balaban J connectivity index is 2.03. The minimum atomic E-state index is -0.342. The fraction of sp³-hybridized carbons (Fsp3) is 0.188. The van der Waals surface area contributed by atoms with Gasteiger partial charge in [0.25, 0.3) is 0 Å². The largest absolute Gasteiger partial charge is 0.399 e. The van der Waals surface area contributed by atoms with Crippen LogP contribution < -0.4 is 5.73 Å². The van der Waals surface area contributed by atoms with E-state index < -0.39 is 0 Å². The van der Waals surface area contributed by atoms with Gasteiger partial charge in [0.1, 0.15) is 11.6 Å². The minimum Gasteiger partial charge on any atom is -0.399 e. The van der Waals surface area contributed by atoms with Crippen LogP contribution in [0.25, 0.3) is 16.7 Å². The summed E-state index contributed by atoms with van der Waals surface area (Å²) in [7, 11) is 0. The van der Waals surface area contributed by atoms with E-state index in [-0.39, 0.29) is 5.82 Å². The average Bonchev–Trinajstić information content (AvgIpc) is 3.21. The molecule has 3 nitrogen and oxygen atoms in total. The van der Waals surface area contributed by atoms with Crippen molar-refractivity contribution in [2.75, 3.05) is 5.73 Å². The smallest absolute Gasteiger partial charge is 0.124 e. The third kappa shape index (κ3) is 2.07. The predicted molar refractivity (Wildman–Crippen MR) is 82.4 cm³/mol. The van der Waals surface area contributed by atoms with E-state index in [4.69, 9.17) is 22.3 Å². The van der Waals surface area contributed by atoms with E-state index in [0.29, 0.717) is 16.6 Å². The summed E-state index contributed by atoms with van der Waals surface area (Å²) in [5, 5.41) is 0.382. The van der Waals surface area contributed by atoms with Crippen LogP contribution >= 0.6 is 11.6 Å². The summed E-state index contributed by atoms with van der Waals surface area (Å²) in [5.41, 5.74) is 9.06. The number of rotatable bonds is 2. The summed E-state index contributed by atoms with van der Waals surface area (Å²) in [6.45, 7) is 0. The molecule has 1 aliphatic rings. The Labute approximate surface area is 126 Å². The van der Waals surface area contributed by atoms with Crippen LogP contribution in [0.1, 0.15) is 24.6 Å². The molecule has 1 saturated carbocycles. The van der Waals surface area contributed by atoms with Gasteiger partial charge in [-0.1, -0.05) is 11.6 Å². The number of anilines is 1. The van der Waals surface area contributed by atoms with Gasteiger partial charge in [0.05, 0.1) is 21.7 Å². The SMILES string of the molecule is Nc1ccc2c(c1)nc(C1CC1)n2-c1ccc(F)cc1Cl. The molecular formula is C16H13ClFN3. The summed E-state index contributed by atoms with van der Waals surface area (Å²) in [6, 6.07) is 10.1. The summed E-state index contributed by atoms with van der Waals surface area (Å²) in [4.78, 5) is 4.71. The van der Waals surface area contributed by atoms with E-state index in [0.717, 1.165) is 35.4 Å². The normalized spacial score (nSPS) is 14.8. The molecule has 21 heavy (non-hydrogen) atoms. The standard InChI is InChI=1S/C16H13ClFN3/c17-12-7-10(18)3-5-14(12)21-15-6-4-11(19)8-13(15)20-16(21)9-1-2-9/h3-9H,1-2,19H2. The monoisotopic (exact) mass is 301 g/mol. The average molecular weight is 302 g/mol. The van der Waals surface area contributed by atoms with Crippen LogP contribution in [-0.4, -0.2) is 9.55 Å². The van der Waals surface area contributed by atoms with E-state index >= 15 is 0 Å². The maximum Gasteiger partial charge on any atom is 0.124 e. The summed E-state index contributed by atoms with van der Waals surface area (Å²) in [5.74, 6) is 1.08. The Morgan fingerprint density at radius 3 is 2.71 bits per heavy atom. The topological polar surface area (TPSA) is 43.8 Å². The first-order chi connectivity index (χ1) is 10.1. The van der Waals surface area contributed by atoms with Crippen LogP contribution in [0.3, 0.4) is 0 Å². The molecular weight excluding hydrogens is 289 g/mol. The van der Waals surface area contributed by atoms with Gasteiger partial charge in [-0.25, -0.2) is 9.37 Å². The van der Waals surface area contributed by atoms with E-state index in [9.17, 15) is 4.39 Å². The molecule has 1 fully saturated rings. The van der Waals surface area contributed by atoms with Crippen molar-refractivity contribution in [1.29, 1.82) is 0 Å². The van der Waals surface area contributed by atoms with E-state index in [1.165, 1.54) is 12.1 Å². The molecule has 0 saturated heterocycles. The molecule has 2 N–H and O–H groups in total. The van der Waals surface area contributed by atoms with Crippen LogP contribution in [0.2, 0.25) is 5.02 Å². The Morgan fingerprint density at radius 2 is 2.00 bits per heavy atom. The van der Waals surface area contributed by atoms with Gasteiger partial charge >= 0.3 is 0 Å². The highest BCUT2D eigenvalue weighted by Gasteiger charge is 2.30. The molecule has 1 aliphatic carbocycles. The highest BCUT2D eigenvalue weighted by molar-refractivity contribution is 6.32. The summed E-state index contributed by atoms with van der Waals surface area (Å²) < 4.78 is 15.3. The van der Waals surface area contributed by atoms with Gasteiger partial charge in [0.15, 0.2) is 0 Å². The zero-order valence-electron chi connectivity index (χ0n) is 11.2. The molecule has 5 heteroatoms. The number of hydrogen-bond donors (Lipinski definition) is 1. The Morgan fingerprint density at radius 1 is 1.19 bits per heavy atom. The first-order valence-corrected chi connectivity index (χ1v) is 7.24. The van der Waals surface area contributed by atoms with Gasteiger partial charge in [-0.2, -0.15) is 0 Å². The number of halogens is 2. The van der Waals surface area contributed by atoms with Crippen LogP contribution in [0.15, 0.2) is 36.4 Å². The first-order valence-electron chi connectivity index (χ1n) is 6.87. The molecule has 106 valence electrons. The quantitative estimate of drug-likeness (QED) is 0.718. The maximum absolute atomic E-state index is 13.3. The van der Waals surface area contributed by atoms with Gasteiger partial charge in [-0.05, 0) is 49.2 Å². The Hall–Kier alpha value is -2.07. The molecule has 0 radical (unpaired) electrons. The van der Waals surface area contributed by atoms with Crippen molar-refractivity contribution in [3.05, 3.63) is 53.1 Å². The number of nitrogen functional groups attached to an aromatic ring is 1. The molecule has 0 bridgehead atoms. The number of hydrogen-bond acceptors (Lipinski definition) is 2. The van der Waals surface area contributed by atoms with E-state index in [1.54, 1.807) is 6.07 Å². The lowest BCUT2D eigenvalue weighted by Gasteiger charge is -2.11. The zero-order valence-corrected chi connectivity index (χ0v) is 11.9. The molecule has 1 heterocycles. The molecule has 3 aromatic rings. The van der Waals surface area contributed by atoms with E-state index in [1.807, 2.05) is 22.8 Å². The van der Waals surface area contributed by atoms with Crippen LogP contribution in [0.5, 0.6) is 0 Å². The van der Waals surface area contributed by atoms with Crippen molar-refractivity contribution in [1.82, 2.24) is 9.55 Å². The molecule has 0 atom stereocenters. The second kappa shape index (κ2) is 4.46. The maximum atomic E-state index is 13.3. The van der Waals surface area contributed by atoms with Crippen molar-refractivity contribution >= 4 is 28.3 Å². The molecule has 0 spiro atoms. The lowest BCUT2D eigenvalue weighted by atomic mass is 10.2. The zero-order chi connectivity index (χ0) is 14.6. The number of nitrogens with zero attached hydrogens (tertiary/aromatic N) is 2. The highest BCUT2D eigenvalue weighted by atomic mass is 35.5. The third-order valence-electron chi connectivity index (χ3n) is 3.80. The lowest BCUT2D eigenvalue weighted by molar-refractivity contribution is 0.627. The molecule has 4 rings (SSSR count). The summed E-state index contributed by atoms with van der Waals surface area (Å²) in [6.07, 6.45) is 2.25. The number of benzene rings is 2. The van der Waals surface area contributed by atoms with Gasteiger partial charge in [0.2, 0.25) is 0 Å². The second-order valence-electron chi connectivity index (χ2n) is 5.42. The van der Waals surface area contributed by atoms with Crippen molar-refractivity contribution in [3.63, 3.8) is 0 Å². The lowest BCUT2D eigenvalue weighted by Crippen LogP contribution is -2.01. The number of nitrogens with two attached hydrogens (primary N) is 1. The van der Waals surface area contributed by atoms with Gasteiger partial charge in [-0.3, -0.25) is 4.57 Å². The van der Waals surface area contributed by atoms with Crippen molar-refractivity contribution < 1.29 is 4.39 Å². The van der Waals surface area contributed by atoms with Gasteiger partial charge in [-0.15, -0.1) is 0 Å². The van der Waals surface area contributed by atoms with Gasteiger partial charge in [0, 0.05) is 11.6 Å². The predicted octanol–water partition coefficient (Wildman–Crippen LogP) is 4.28. The summed E-state index contributed by atoms with van der Waals surface area (Å²) >= 11 is 6.24. The van der Waals surface area contributed by atoms with Crippen molar-refractivity contribution in [3.8, 4) is 5.69 Å². The van der Waals surface area contributed by atoms with E-state index in [2.05, 4.69) is 0 Å². The Bertz CT molecular complexity index is 852. The van der Waals surface area contributed by atoms with Crippen LogP contribution in [0.4, 0.5) is 10.1 Å². The number of fused-ring (bicyclic) bond motifs is 1. The number of aromatic nitrogens is 2. The molecule has 2 aromatic carbocycles. The number of imidazole rings is 1. The molecule has 0 aliphatic heterocycles. The van der Waals surface area contributed by atoms with Crippen molar-refractivity contribution in [2.45, 2.75) is 18.8 Å². The van der Waals surface area contributed by atoms with Crippen LogP contribution in [0, 0.1) is 5.82 Å². The minimum absolute atomic E-state index is 0.342. The van der Waals surface area contributed by atoms with Gasteiger partial charge < -0.3 is 5.73 Å². The fourth-order valence-electron chi connectivity index (χ4n) is 2.65. The molecule has 0 unspecified atom stereocenters. The molecule has 0 amide bonds. The first kappa shape index (κ1) is 12.7. The third-order valence-corrected chi connectivity index (χ3v) is 4.10. The highest BCUT2D eigenvalue weighted by Crippen LogP contribution is 2.42. The fourth-order valence-corrected chi connectivity index (χ4v) is 2.90.